The van der Waals surface area contributed by atoms with Crippen LogP contribution in [0, 0.1) is 13.8 Å². The van der Waals surface area contributed by atoms with E-state index in [0.717, 1.165) is 33.2 Å². The number of anilines is 1. The van der Waals surface area contributed by atoms with E-state index in [-0.39, 0.29) is 17.2 Å². The summed E-state index contributed by atoms with van der Waals surface area (Å²) < 4.78 is 44.6. The van der Waals surface area contributed by atoms with Crippen LogP contribution in [0.3, 0.4) is 0 Å². The molecular weight excluding hydrogens is 492 g/mol. The average Bonchev–Trinajstić information content (AvgIpc) is 2.88. The fourth-order valence-corrected chi connectivity index (χ4v) is 5.54. The molecule has 0 atom stereocenters. The van der Waals surface area contributed by atoms with E-state index in [0.29, 0.717) is 24.4 Å². The number of carbonyl (C=O) groups is 1. The second-order valence-corrected chi connectivity index (χ2v) is 10.5. The molecule has 1 N–H and O–H groups in total. The molecular formula is C28H34N2O6S. The first-order valence-electron chi connectivity index (χ1n) is 11.9. The number of ether oxygens (including phenoxy) is 3. The zero-order valence-corrected chi connectivity index (χ0v) is 22.7. The lowest BCUT2D eigenvalue weighted by molar-refractivity contribution is -0.119. The van der Waals surface area contributed by atoms with Gasteiger partial charge in [-0.3, -0.25) is 9.10 Å². The minimum atomic E-state index is -4.10. The van der Waals surface area contributed by atoms with Crippen molar-refractivity contribution in [2.24, 2.45) is 0 Å². The molecule has 3 rings (SSSR count). The van der Waals surface area contributed by atoms with Crippen LogP contribution in [-0.4, -0.2) is 48.7 Å². The van der Waals surface area contributed by atoms with Gasteiger partial charge in [-0.1, -0.05) is 24.3 Å². The molecule has 0 spiro atoms. The summed E-state index contributed by atoms with van der Waals surface area (Å²) in [5, 5.41) is 2.85. The van der Waals surface area contributed by atoms with E-state index >= 15 is 0 Å². The van der Waals surface area contributed by atoms with Gasteiger partial charge in [0.2, 0.25) is 5.91 Å². The van der Waals surface area contributed by atoms with Crippen molar-refractivity contribution in [3.63, 3.8) is 0 Å². The zero-order chi connectivity index (χ0) is 27.0. The van der Waals surface area contributed by atoms with Crippen molar-refractivity contribution >= 4 is 21.6 Å². The third-order valence-electron chi connectivity index (χ3n) is 5.86. The van der Waals surface area contributed by atoms with Gasteiger partial charge in [-0.15, -0.1) is 0 Å². The predicted molar refractivity (Wildman–Crippen MR) is 144 cm³/mol. The number of nitrogens with zero attached hydrogens (tertiary/aromatic N) is 1. The van der Waals surface area contributed by atoms with Gasteiger partial charge in [0.1, 0.15) is 12.3 Å². The molecule has 0 bridgehead atoms. The number of para-hydroxylation sites is 1. The van der Waals surface area contributed by atoms with E-state index in [4.69, 9.17) is 14.2 Å². The fourth-order valence-electron chi connectivity index (χ4n) is 4.12. The van der Waals surface area contributed by atoms with E-state index in [1.54, 1.807) is 19.2 Å². The van der Waals surface area contributed by atoms with E-state index < -0.39 is 15.9 Å². The molecule has 198 valence electrons. The highest BCUT2D eigenvalue weighted by molar-refractivity contribution is 7.92. The molecule has 0 fully saturated rings. The number of benzene rings is 3. The smallest absolute Gasteiger partial charge is 0.264 e. The van der Waals surface area contributed by atoms with Gasteiger partial charge in [0.25, 0.3) is 10.0 Å². The Kier molecular flexibility index (Phi) is 9.41. The van der Waals surface area contributed by atoms with Gasteiger partial charge in [-0.25, -0.2) is 8.42 Å². The van der Waals surface area contributed by atoms with Gasteiger partial charge in [0.05, 0.1) is 31.9 Å². The summed E-state index contributed by atoms with van der Waals surface area (Å²) in [5.41, 5.74) is 3.24. The zero-order valence-electron chi connectivity index (χ0n) is 21.9. The summed E-state index contributed by atoms with van der Waals surface area (Å²) in [4.78, 5) is 12.9. The number of carbonyl (C=O) groups excluding carboxylic acids is 1. The Morgan fingerprint density at radius 1 is 0.838 bits per heavy atom. The lowest BCUT2D eigenvalue weighted by Gasteiger charge is -2.25. The molecule has 0 saturated carbocycles. The van der Waals surface area contributed by atoms with E-state index in [1.807, 2.05) is 44.2 Å². The monoisotopic (exact) mass is 526 g/mol. The Morgan fingerprint density at radius 3 is 2.14 bits per heavy atom. The fraction of sp³-hybridized carbons (Fsp3) is 0.321. The molecule has 0 aliphatic rings. The number of sulfonamides is 1. The number of nitrogens with one attached hydrogen (secondary N) is 1. The van der Waals surface area contributed by atoms with Gasteiger partial charge in [0, 0.05) is 12.6 Å². The Hall–Kier alpha value is -3.72. The van der Waals surface area contributed by atoms with Crippen molar-refractivity contribution in [1.82, 2.24) is 5.32 Å². The molecule has 0 radical (unpaired) electrons. The van der Waals surface area contributed by atoms with Crippen LogP contribution in [0.4, 0.5) is 5.69 Å². The molecule has 1 amide bonds. The van der Waals surface area contributed by atoms with Gasteiger partial charge in [-0.05, 0) is 73.7 Å². The van der Waals surface area contributed by atoms with Crippen LogP contribution >= 0.6 is 0 Å². The molecule has 0 heterocycles. The van der Waals surface area contributed by atoms with Gasteiger partial charge in [0.15, 0.2) is 11.5 Å². The highest BCUT2D eigenvalue weighted by atomic mass is 32.2. The van der Waals surface area contributed by atoms with Gasteiger partial charge < -0.3 is 19.5 Å². The predicted octanol–water partition coefficient (Wildman–Crippen LogP) is 4.27. The van der Waals surface area contributed by atoms with Gasteiger partial charge in [-0.2, -0.15) is 0 Å². The number of amides is 1. The molecule has 0 saturated heterocycles. The lowest BCUT2D eigenvalue weighted by atomic mass is 10.1. The Bertz CT molecular complexity index is 1320. The number of hydrogen-bond donors (Lipinski definition) is 1. The Morgan fingerprint density at radius 2 is 1.49 bits per heavy atom. The molecule has 0 aromatic heterocycles. The first kappa shape index (κ1) is 27.9. The Balaban J connectivity index is 1.81. The summed E-state index contributed by atoms with van der Waals surface area (Å²) in [7, 11) is 0.441. The van der Waals surface area contributed by atoms with Crippen LogP contribution in [-0.2, 0) is 21.2 Å². The normalized spacial score (nSPS) is 11.1. The summed E-state index contributed by atoms with van der Waals surface area (Å²) >= 11 is 0. The van der Waals surface area contributed by atoms with Crippen LogP contribution in [0.25, 0.3) is 0 Å². The highest BCUT2D eigenvalue weighted by Gasteiger charge is 2.28. The maximum atomic E-state index is 13.8. The maximum Gasteiger partial charge on any atom is 0.264 e. The van der Waals surface area contributed by atoms with Crippen LogP contribution in [0.1, 0.15) is 23.1 Å². The number of rotatable bonds is 12. The molecule has 9 heteroatoms. The van der Waals surface area contributed by atoms with Crippen LogP contribution in [0.15, 0.2) is 65.6 Å². The number of hydrogen-bond acceptors (Lipinski definition) is 6. The van der Waals surface area contributed by atoms with Crippen molar-refractivity contribution in [3.8, 4) is 17.2 Å². The summed E-state index contributed by atoms with van der Waals surface area (Å²) in [6.07, 6.45) is 1.40. The van der Waals surface area contributed by atoms with Crippen LogP contribution in [0.2, 0.25) is 0 Å². The maximum absolute atomic E-state index is 13.8. The van der Waals surface area contributed by atoms with Gasteiger partial charge >= 0.3 is 0 Å². The summed E-state index contributed by atoms with van der Waals surface area (Å²) in [6.45, 7) is 3.80. The molecule has 8 nitrogen and oxygen atoms in total. The van der Waals surface area contributed by atoms with Crippen LogP contribution in [0.5, 0.6) is 17.2 Å². The summed E-state index contributed by atoms with van der Waals surface area (Å²) in [5.74, 6) is 1.09. The van der Waals surface area contributed by atoms with Crippen molar-refractivity contribution in [2.45, 2.75) is 31.6 Å². The third-order valence-corrected chi connectivity index (χ3v) is 7.63. The minimum Gasteiger partial charge on any atom is -0.496 e. The van der Waals surface area contributed by atoms with Crippen molar-refractivity contribution < 1.29 is 27.4 Å². The first-order chi connectivity index (χ1) is 17.7. The third kappa shape index (κ3) is 6.95. The average molecular weight is 527 g/mol. The largest absolute Gasteiger partial charge is 0.496 e. The van der Waals surface area contributed by atoms with E-state index in [9.17, 15) is 13.2 Å². The quantitative estimate of drug-likeness (QED) is 0.354. The molecule has 0 aliphatic heterocycles. The number of methoxy groups -OCH3 is 3. The minimum absolute atomic E-state index is 0.00622. The second-order valence-electron chi connectivity index (χ2n) is 8.64. The molecule has 3 aromatic carbocycles. The highest BCUT2D eigenvalue weighted by Crippen LogP contribution is 2.32. The standard InChI is InChI=1S/C28H34N2O6S/c1-20-15-21(2)17-23(16-20)30(37(32,33)24-12-13-26(35-4)27(18-24)36-5)19-28(31)29-14-8-10-22-9-6-7-11-25(22)34-3/h6-7,9,11-13,15-18H,8,10,14,19H2,1-5H3,(H,29,31). The van der Waals surface area contributed by atoms with Crippen molar-refractivity contribution in [3.05, 3.63) is 77.4 Å². The van der Waals surface area contributed by atoms with Crippen molar-refractivity contribution in [1.29, 1.82) is 0 Å². The van der Waals surface area contributed by atoms with E-state index in [1.165, 1.54) is 32.4 Å². The molecule has 0 aliphatic carbocycles. The number of aryl methyl sites for hydroxylation is 3. The Labute approximate surface area is 219 Å². The van der Waals surface area contributed by atoms with Crippen molar-refractivity contribution in [2.75, 3.05) is 38.7 Å². The van der Waals surface area contributed by atoms with E-state index in [2.05, 4.69) is 5.32 Å². The first-order valence-corrected chi connectivity index (χ1v) is 13.3. The lowest BCUT2D eigenvalue weighted by Crippen LogP contribution is -2.41. The molecule has 37 heavy (non-hydrogen) atoms. The topological polar surface area (TPSA) is 94.2 Å². The molecule has 0 unspecified atom stereocenters. The second kappa shape index (κ2) is 12.5. The molecule has 3 aromatic rings. The van der Waals surface area contributed by atoms with Crippen LogP contribution < -0.4 is 23.8 Å². The SMILES string of the molecule is COc1ccccc1CCCNC(=O)CN(c1cc(C)cc(C)c1)S(=O)(=O)c1ccc(OC)c(OC)c1. The summed E-state index contributed by atoms with van der Waals surface area (Å²) in [6, 6.07) is 17.5.